The first-order chi connectivity index (χ1) is 9.06. The number of nitrogens with one attached hydrogen (secondary N) is 1. The van der Waals surface area contributed by atoms with Crippen LogP contribution in [0.4, 0.5) is 5.69 Å². The van der Waals surface area contributed by atoms with Gasteiger partial charge in [-0.25, -0.2) is 0 Å². The molecule has 19 heavy (non-hydrogen) atoms. The summed E-state index contributed by atoms with van der Waals surface area (Å²) >= 11 is 0. The van der Waals surface area contributed by atoms with E-state index >= 15 is 0 Å². The molecule has 0 spiro atoms. The lowest BCUT2D eigenvalue weighted by Gasteiger charge is -2.03. The summed E-state index contributed by atoms with van der Waals surface area (Å²) in [6, 6.07) is 6.43. The molecule has 0 atom stereocenters. The predicted octanol–water partition coefficient (Wildman–Crippen LogP) is 2.14. The van der Waals surface area contributed by atoms with Gasteiger partial charge in [0.15, 0.2) is 5.82 Å². The van der Waals surface area contributed by atoms with Gasteiger partial charge in [-0.3, -0.25) is 10.1 Å². The van der Waals surface area contributed by atoms with Gasteiger partial charge in [0.25, 0.3) is 11.6 Å². The van der Waals surface area contributed by atoms with E-state index < -0.39 is 4.92 Å². The van der Waals surface area contributed by atoms with Crippen LogP contribution in [0, 0.1) is 10.1 Å². The minimum Gasteiger partial charge on any atom is -0.334 e. The van der Waals surface area contributed by atoms with E-state index in [0.717, 1.165) is 0 Å². The average molecular weight is 262 g/mol. The number of nitrogens with zero attached hydrogens (tertiary/aromatic N) is 3. The molecular formula is C12H14N4O3. The first-order valence-electron chi connectivity index (χ1n) is 5.87. The number of benzene rings is 1. The van der Waals surface area contributed by atoms with E-state index in [9.17, 15) is 10.1 Å². The lowest BCUT2D eigenvalue weighted by atomic mass is 10.2. The zero-order valence-electron chi connectivity index (χ0n) is 10.7. The van der Waals surface area contributed by atoms with E-state index in [1.165, 1.54) is 12.1 Å². The molecular weight excluding hydrogens is 248 g/mol. The van der Waals surface area contributed by atoms with Gasteiger partial charge in [0.2, 0.25) is 0 Å². The van der Waals surface area contributed by atoms with Crippen LogP contribution < -0.4 is 5.32 Å². The van der Waals surface area contributed by atoms with Gasteiger partial charge in [-0.05, 0) is 6.07 Å². The standard InChI is InChI=1S/C12H14N4O3/c1-8(2)13-7-11-14-12(19-15-11)9-4-3-5-10(6-9)16(17)18/h3-6,8,13H,7H2,1-2H3. The minimum absolute atomic E-state index is 0.00226. The summed E-state index contributed by atoms with van der Waals surface area (Å²) in [6.45, 7) is 4.53. The Kier molecular flexibility index (Phi) is 3.86. The second-order valence-corrected chi connectivity index (χ2v) is 4.36. The highest BCUT2D eigenvalue weighted by Gasteiger charge is 2.12. The quantitative estimate of drug-likeness (QED) is 0.655. The largest absolute Gasteiger partial charge is 0.334 e. The number of nitro benzene ring substituents is 1. The van der Waals surface area contributed by atoms with Crippen molar-refractivity contribution in [1.82, 2.24) is 15.5 Å². The van der Waals surface area contributed by atoms with E-state index in [2.05, 4.69) is 15.5 Å². The number of nitro groups is 1. The van der Waals surface area contributed by atoms with Crippen molar-refractivity contribution in [1.29, 1.82) is 0 Å². The molecule has 1 aromatic heterocycles. The first kappa shape index (κ1) is 13.2. The van der Waals surface area contributed by atoms with Gasteiger partial charge in [0, 0.05) is 23.7 Å². The van der Waals surface area contributed by atoms with Crippen LogP contribution in [-0.2, 0) is 6.54 Å². The van der Waals surface area contributed by atoms with Crippen molar-refractivity contribution in [3.63, 3.8) is 0 Å². The summed E-state index contributed by atoms with van der Waals surface area (Å²) in [6.07, 6.45) is 0. The molecule has 1 aromatic carbocycles. The highest BCUT2D eigenvalue weighted by Crippen LogP contribution is 2.22. The Morgan fingerprint density at radius 2 is 2.26 bits per heavy atom. The number of hydrogen-bond acceptors (Lipinski definition) is 6. The zero-order chi connectivity index (χ0) is 13.8. The average Bonchev–Trinajstić information content (AvgIpc) is 2.85. The Labute approximate surface area is 109 Å². The van der Waals surface area contributed by atoms with Crippen molar-refractivity contribution < 1.29 is 9.45 Å². The van der Waals surface area contributed by atoms with Gasteiger partial charge >= 0.3 is 0 Å². The molecule has 2 aromatic rings. The highest BCUT2D eigenvalue weighted by molar-refractivity contribution is 5.57. The summed E-state index contributed by atoms with van der Waals surface area (Å²) in [5, 5.41) is 17.7. The van der Waals surface area contributed by atoms with Crippen LogP contribution in [0.1, 0.15) is 19.7 Å². The van der Waals surface area contributed by atoms with E-state index in [4.69, 9.17) is 4.52 Å². The molecule has 7 heteroatoms. The van der Waals surface area contributed by atoms with Crippen molar-refractivity contribution in [3.05, 3.63) is 40.2 Å². The molecule has 7 nitrogen and oxygen atoms in total. The maximum Gasteiger partial charge on any atom is 0.270 e. The van der Waals surface area contributed by atoms with Gasteiger partial charge in [0.1, 0.15) is 0 Å². The molecule has 0 saturated carbocycles. The zero-order valence-corrected chi connectivity index (χ0v) is 10.7. The highest BCUT2D eigenvalue weighted by atomic mass is 16.6. The molecule has 1 N–H and O–H groups in total. The van der Waals surface area contributed by atoms with Gasteiger partial charge < -0.3 is 9.84 Å². The van der Waals surface area contributed by atoms with Crippen molar-refractivity contribution in [2.45, 2.75) is 26.4 Å². The maximum absolute atomic E-state index is 10.7. The van der Waals surface area contributed by atoms with Crippen molar-refractivity contribution in [2.24, 2.45) is 0 Å². The smallest absolute Gasteiger partial charge is 0.270 e. The van der Waals surface area contributed by atoms with E-state index in [1.54, 1.807) is 12.1 Å². The molecule has 0 bridgehead atoms. The molecule has 0 aliphatic heterocycles. The lowest BCUT2D eigenvalue weighted by Crippen LogP contribution is -2.22. The van der Waals surface area contributed by atoms with Crippen LogP contribution in [0.2, 0.25) is 0 Å². The van der Waals surface area contributed by atoms with E-state index in [0.29, 0.717) is 24.0 Å². The van der Waals surface area contributed by atoms with Crippen LogP contribution in [0.5, 0.6) is 0 Å². The Morgan fingerprint density at radius 1 is 1.47 bits per heavy atom. The minimum atomic E-state index is -0.457. The normalized spacial score (nSPS) is 10.9. The molecule has 0 amide bonds. The van der Waals surface area contributed by atoms with Gasteiger partial charge in [0.05, 0.1) is 11.5 Å². The first-order valence-corrected chi connectivity index (χ1v) is 5.87. The number of aromatic nitrogens is 2. The van der Waals surface area contributed by atoms with Crippen LogP contribution in [-0.4, -0.2) is 21.1 Å². The van der Waals surface area contributed by atoms with Crippen LogP contribution in [0.3, 0.4) is 0 Å². The molecule has 0 radical (unpaired) electrons. The van der Waals surface area contributed by atoms with Crippen LogP contribution in [0.25, 0.3) is 11.5 Å². The molecule has 0 unspecified atom stereocenters. The number of non-ortho nitro benzene ring substituents is 1. The number of rotatable bonds is 5. The fourth-order valence-corrected chi connectivity index (χ4v) is 1.49. The Balaban J connectivity index is 2.18. The Morgan fingerprint density at radius 3 is 2.95 bits per heavy atom. The molecule has 0 aliphatic rings. The summed E-state index contributed by atoms with van der Waals surface area (Å²) in [5.74, 6) is 0.805. The van der Waals surface area contributed by atoms with Crippen LogP contribution >= 0.6 is 0 Å². The van der Waals surface area contributed by atoms with E-state index in [-0.39, 0.29) is 11.6 Å². The van der Waals surface area contributed by atoms with Crippen LogP contribution in [0.15, 0.2) is 28.8 Å². The van der Waals surface area contributed by atoms with Crippen molar-refractivity contribution >= 4 is 5.69 Å². The summed E-state index contributed by atoms with van der Waals surface area (Å²) < 4.78 is 5.09. The molecule has 2 rings (SSSR count). The summed E-state index contributed by atoms with van der Waals surface area (Å²) in [7, 11) is 0. The van der Waals surface area contributed by atoms with E-state index in [1.807, 2.05) is 13.8 Å². The number of hydrogen-bond donors (Lipinski definition) is 1. The second kappa shape index (κ2) is 5.57. The Hall–Kier alpha value is -2.28. The SMILES string of the molecule is CC(C)NCc1noc(-c2cccc([N+](=O)[O-])c2)n1. The second-order valence-electron chi connectivity index (χ2n) is 4.36. The van der Waals surface area contributed by atoms with Gasteiger partial charge in [-0.2, -0.15) is 4.98 Å². The third-order valence-electron chi connectivity index (χ3n) is 2.44. The molecule has 100 valence electrons. The molecule has 0 aliphatic carbocycles. The van der Waals surface area contributed by atoms with Crippen molar-refractivity contribution in [3.8, 4) is 11.5 Å². The maximum atomic E-state index is 10.7. The molecule has 0 saturated heterocycles. The third kappa shape index (κ3) is 3.35. The fraction of sp³-hybridized carbons (Fsp3) is 0.333. The monoisotopic (exact) mass is 262 g/mol. The molecule has 0 fully saturated rings. The van der Waals surface area contributed by atoms with Gasteiger partial charge in [-0.1, -0.05) is 25.1 Å². The predicted molar refractivity (Wildman–Crippen MR) is 68.4 cm³/mol. The van der Waals surface area contributed by atoms with Gasteiger partial charge in [-0.15, -0.1) is 0 Å². The van der Waals surface area contributed by atoms with Crippen molar-refractivity contribution in [2.75, 3.05) is 0 Å². The topological polar surface area (TPSA) is 94.1 Å². The third-order valence-corrected chi connectivity index (χ3v) is 2.44. The summed E-state index contributed by atoms with van der Waals surface area (Å²) in [4.78, 5) is 14.4. The Bertz CT molecular complexity index is 580. The lowest BCUT2D eigenvalue weighted by molar-refractivity contribution is -0.384. The summed E-state index contributed by atoms with van der Waals surface area (Å²) in [5.41, 5.74) is 0.537. The fourth-order valence-electron chi connectivity index (χ4n) is 1.49. The molecule has 1 heterocycles.